The molecule has 1 aliphatic heterocycles. The Kier molecular flexibility index (Phi) is 1.96. The fraction of sp³-hybridized carbons (Fsp3) is 0.333. The Balaban J connectivity index is 2.64. The van der Waals surface area contributed by atoms with Gasteiger partial charge in [-0.1, -0.05) is 18.5 Å². The van der Waals surface area contributed by atoms with Gasteiger partial charge in [0.25, 0.3) is 0 Å². The predicted octanol–water partition coefficient (Wildman–Crippen LogP) is 1.97. The van der Waals surface area contributed by atoms with Crippen LogP contribution in [0, 0.1) is 0 Å². The number of aryl methyl sites for hydroxylation is 1. The van der Waals surface area contributed by atoms with Crippen molar-refractivity contribution in [2.75, 3.05) is 0 Å². The molecule has 2 heterocycles. The third-order valence-electron chi connectivity index (χ3n) is 2.04. The number of cyclic esters (lactones) is 1. The maximum absolute atomic E-state index is 11.3. The van der Waals surface area contributed by atoms with Crippen LogP contribution in [-0.2, 0) is 17.8 Å². The second-order valence-corrected chi connectivity index (χ2v) is 3.24. The van der Waals surface area contributed by atoms with Crippen molar-refractivity contribution in [3.8, 4) is 0 Å². The van der Waals surface area contributed by atoms with Crippen LogP contribution in [0.5, 0.6) is 0 Å². The molecule has 0 saturated heterocycles. The van der Waals surface area contributed by atoms with Crippen molar-refractivity contribution < 1.29 is 9.53 Å². The summed E-state index contributed by atoms with van der Waals surface area (Å²) >= 11 is 5.78. The fourth-order valence-corrected chi connectivity index (χ4v) is 1.69. The van der Waals surface area contributed by atoms with E-state index < -0.39 is 0 Å². The Morgan fingerprint density at radius 2 is 2.46 bits per heavy atom. The minimum absolute atomic E-state index is 0.281. The summed E-state index contributed by atoms with van der Waals surface area (Å²) in [6.45, 7) is 2.26. The number of pyridine rings is 1. The molecule has 0 radical (unpaired) electrons. The zero-order chi connectivity index (χ0) is 9.42. The number of aromatic nitrogens is 1. The highest BCUT2D eigenvalue weighted by Crippen LogP contribution is 2.25. The van der Waals surface area contributed by atoms with Gasteiger partial charge in [0.2, 0.25) is 0 Å². The van der Waals surface area contributed by atoms with Crippen molar-refractivity contribution in [2.45, 2.75) is 20.0 Å². The SMILES string of the molecule is CCc1nc(Cl)cc2c1C(=O)OC2. The minimum atomic E-state index is -0.281. The summed E-state index contributed by atoms with van der Waals surface area (Å²) in [5, 5.41) is 0.425. The number of nitrogens with zero attached hydrogens (tertiary/aromatic N) is 1. The van der Waals surface area contributed by atoms with Gasteiger partial charge in [0.15, 0.2) is 0 Å². The molecule has 0 fully saturated rings. The van der Waals surface area contributed by atoms with Crippen LogP contribution < -0.4 is 0 Å². The van der Waals surface area contributed by atoms with Gasteiger partial charge in [0.05, 0.1) is 11.3 Å². The first kappa shape index (κ1) is 8.51. The van der Waals surface area contributed by atoms with Crippen molar-refractivity contribution in [1.82, 2.24) is 4.98 Å². The second-order valence-electron chi connectivity index (χ2n) is 2.86. The first-order valence-electron chi connectivity index (χ1n) is 4.07. The highest BCUT2D eigenvalue weighted by molar-refractivity contribution is 6.29. The van der Waals surface area contributed by atoms with E-state index in [2.05, 4.69) is 4.98 Å². The number of carbonyl (C=O) groups is 1. The van der Waals surface area contributed by atoms with Crippen molar-refractivity contribution in [3.63, 3.8) is 0 Å². The predicted molar refractivity (Wildman–Crippen MR) is 47.7 cm³/mol. The molecule has 3 nitrogen and oxygen atoms in total. The number of halogens is 1. The summed E-state index contributed by atoms with van der Waals surface area (Å²) in [5.41, 5.74) is 2.18. The van der Waals surface area contributed by atoms with Gasteiger partial charge in [-0.05, 0) is 12.5 Å². The lowest BCUT2D eigenvalue weighted by atomic mass is 10.1. The maximum atomic E-state index is 11.3. The van der Waals surface area contributed by atoms with Gasteiger partial charge >= 0.3 is 5.97 Å². The first-order valence-corrected chi connectivity index (χ1v) is 4.45. The highest BCUT2D eigenvalue weighted by atomic mass is 35.5. The largest absolute Gasteiger partial charge is 0.457 e. The van der Waals surface area contributed by atoms with Crippen LogP contribution in [0.15, 0.2) is 6.07 Å². The summed E-state index contributed by atoms with van der Waals surface area (Å²) in [6, 6.07) is 1.68. The molecule has 2 rings (SSSR count). The summed E-state index contributed by atoms with van der Waals surface area (Å²) in [7, 11) is 0. The molecule has 1 aromatic rings. The van der Waals surface area contributed by atoms with Gasteiger partial charge in [-0.3, -0.25) is 0 Å². The molecular weight excluding hydrogens is 190 g/mol. The smallest absolute Gasteiger partial charge is 0.340 e. The molecule has 0 unspecified atom stereocenters. The van der Waals surface area contributed by atoms with Crippen molar-refractivity contribution >= 4 is 17.6 Å². The van der Waals surface area contributed by atoms with Crippen LogP contribution in [0.1, 0.15) is 28.5 Å². The van der Waals surface area contributed by atoms with Crippen LogP contribution in [-0.4, -0.2) is 11.0 Å². The summed E-state index contributed by atoms with van der Waals surface area (Å²) < 4.78 is 4.88. The van der Waals surface area contributed by atoms with Gasteiger partial charge in [-0.15, -0.1) is 0 Å². The number of esters is 1. The van der Waals surface area contributed by atoms with Crippen LogP contribution in [0.3, 0.4) is 0 Å². The average molecular weight is 198 g/mol. The summed E-state index contributed by atoms with van der Waals surface area (Å²) in [6.07, 6.45) is 0.692. The highest BCUT2D eigenvalue weighted by Gasteiger charge is 2.25. The van der Waals surface area contributed by atoms with E-state index >= 15 is 0 Å². The lowest BCUT2D eigenvalue weighted by molar-refractivity contribution is 0.0534. The van der Waals surface area contributed by atoms with E-state index in [0.717, 1.165) is 11.3 Å². The minimum Gasteiger partial charge on any atom is -0.457 e. The zero-order valence-corrected chi connectivity index (χ0v) is 7.89. The number of hydrogen-bond donors (Lipinski definition) is 0. The number of rotatable bonds is 1. The standard InChI is InChI=1S/C9H8ClNO2/c1-2-6-8-5(3-7(10)11-6)4-13-9(8)12/h3H,2,4H2,1H3. The molecule has 1 aliphatic rings. The molecule has 0 bridgehead atoms. The van der Waals surface area contributed by atoms with E-state index in [-0.39, 0.29) is 5.97 Å². The number of hydrogen-bond acceptors (Lipinski definition) is 3. The summed E-state index contributed by atoms with van der Waals surface area (Å²) in [5.74, 6) is -0.281. The molecule has 13 heavy (non-hydrogen) atoms. The van der Waals surface area contributed by atoms with E-state index in [9.17, 15) is 4.79 Å². The Morgan fingerprint density at radius 1 is 1.69 bits per heavy atom. The third kappa shape index (κ3) is 1.29. The Labute approximate surface area is 80.7 Å². The normalized spacial score (nSPS) is 14.2. The lowest BCUT2D eigenvalue weighted by Crippen LogP contribution is -2.02. The first-order chi connectivity index (χ1) is 6.22. The number of carbonyl (C=O) groups excluding carboxylic acids is 1. The van der Waals surface area contributed by atoms with E-state index in [4.69, 9.17) is 16.3 Å². The van der Waals surface area contributed by atoms with Gasteiger partial charge in [-0.2, -0.15) is 0 Å². The molecule has 1 aromatic heterocycles. The van der Waals surface area contributed by atoms with E-state index in [1.807, 2.05) is 6.92 Å². The Morgan fingerprint density at radius 3 is 3.15 bits per heavy atom. The Hall–Kier alpha value is -1.09. The van der Waals surface area contributed by atoms with E-state index in [1.54, 1.807) is 6.07 Å². The molecule has 0 amide bonds. The van der Waals surface area contributed by atoms with Crippen LogP contribution in [0.4, 0.5) is 0 Å². The molecular formula is C9H8ClNO2. The zero-order valence-electron chi connectivity index (χ0n) is 7.13. The fourth-order valence-electron chi connectivity index (χ4n) is 1.45. The Bertz CT molecular complexity index is 376. The van der Waals surface area contributed by atoms with E-state index in [0.29, 0.717) is 23.7 Å². The molecule has 0 N–H and O–H groups in total. The van der Waals surface area contributed by atoms with Crippen molar-refractivity contribution in [2.24, 2.45) is 0 Å². The summed E-state index contributed by atoms with van der Waals surface area (Å²) in [4.78, 5) is 15.3. The van der Waals surface area contributed by atoms with Gasteiger partial charge in [-0.25, -0.2) is 9.78 Å². The molecule has 0 spiro atoms. The quantitative estimate of drug-likeness (QED) is 0.511. The second kappa shape index (κ2) is 3.00. The molecule has 0 aromatic carbocycles. The number of fused-ring (bicyclic) bond motifs is 1. The number of ether oxygens (including phenoxy) is 1. The topological polar surface area (TPSA) is 39.2 Å². The van der Waals surface area contributed by atoms with Crippen LogP contribution >= 0.6 is 11.6 Å². The van der Waals surface area contributed by atoms with Gasteiger partial charge in [0.1, 0.15) is 11.8 Å². The molecule has 0 atom stereocenters. The van der Waals surface area contributed by atoms with Crippen LogP contribution in [0.25, 0.3) is 0 Å². The van der Waals surface area contributed by atoms with Gasteiger partial charge < -0.3 is 4.74 Å². The molecule has 68 valence electrons. The van der Waals surface area contributed by atoms with Crippen molar-refractivity contribution in [3.05, 3.63) is 28.0 Å². The molecule has 0 aliphatic carbocycles. The van der Waals surface area contributed by atoms with Crippen LogP contribution in [0.2, 0.25) is 5.15 Å². The van der Waals surface area contributed by atoms with E-state index in [1.165, 1.54) is 0 Å². The molecule has 4 heteroatoms. The van der Waals surface area contributed by atoms with Crippen molar-refractivity contribution in [1.29, 1.82) is 0 Å². The van der Waals surface area contributed by atoms with Gasteiger partial charge in [0, 0.05) is 5.56 Å². The lowest BCUT2D eigenvalue weighted by Gasteiger charge is -2.01. The molecule has 0 saturated carbocycles. The maximum Gasteiger partial charge on any atom is 0.340 e. The monoisotopic (exact) mass is 197 g/mol. The third-order valence-corrected chi connectivity index (χ3v) is 2.24. The average Bonchev–Trinajstić information content (AvgIpc) is 2.46.